The van der Waals surface area contributed by atoms with Crippen molar-refractivity contribution < 1.29 is 9.18 Å². The molecule has 4 bridgehead atoms. The number of anilines is 1. The smallest absolute Gasteiger partial charge is 0.232 e. The largest absolute Gasteiger partial charge is 0.315 e. The second-order valence-corrected chi connectivity index (χ2v) is 7.54. The highest BCUT2D eigenvalue weighted by atomic mass is 19.1. The zero-order valence-electron chi connectivity index (χ0n) is 12.5. The van der Waals surface area contributed by atoms with Crippen LogP contribution >= 0.6 is 0 Å². The summed E-state index contributed by atoms with van der Waals surface area (Å²) >= 11 is 0. The van der Waals surface area contributed by atoms with E-state index in [1.165, 1.54) is 31.4 Å². The zero-order valence-corrected chi connectivity index (χ0v) is 12.5. The Balaban J connectivity index is 1.60. The number of carbonyl (C=O) groups is 1. The fourth-order valence-electron chi connectivity index (χ4n) is 5.51. The summed E-state index contributed by atoms with van der Waals surface area (Å²) in [5.74, 6) is 2.30. The van der Waals surface area contributed by atoms with Crippen molar-refractivity contribution in [2.75, 3.05) is 11.9 Å². The van der Waals surface area contributed by atoms with E-state index in [9.17, 15) is 9.18 Å². The maximum atomic E-state index is 13.1. The van der Waals surface area contributed by atoms with Crippen LogP contribution in [0.25, 0.3) is 0 Å². The van der Waals surface area contributed by atoms with Crippen LogP contribution in [0.15, 0.2) is 24.3 Å². The van der Waals surface area contributed by atoms with Crippen LogP contribution in [-0.2, 0) is 4.79 Å². The van der Waals surface area contributed by atoms with Gasteiger partial charge in [-0.1, -0.05) is 0 Å². The van der Waals surface area contributed by atoms with E-state index >= 15 is 0 Å². The van der Waals surface area contributed by atoms with Crippen molar-refractivity contribution in [1.82, 2.24) is 0 Å². The van der Waals surface area contributed by atoms with Gasteiger partial charge < -0.3 is 4.90 Å². The number of halogens is 1. The topological polar surface area (TPSA) is 20.3 Å². The highest BCUT2D eigenvalue weighted by molar-refractivity contribution is 5.97. The molecular weight excluding hydrogens is 265 g/mol. The zero-order chi connectivity index (χ0) is 14.6. The van der Waals surface area contributed by atoms with Crippen LogP contribution in [0.5, 0.6) is 0 Å². The molecule has 2 nitrogen and oxygen atoms in total. The Morgan fingerprint density at radius 3 is 2.00 bits per heavy atom. The van der Waals surface area contributed by atoms with Gasteiger partial charge in [0.1, 0.15) is 5.82 Å². The van der Waals surface area contributed by atoms with E-state index in [0.29, 0.717) is 0 Å². The predicted molar refractivity (Wildman–Crippen MR) is 80.4 cm³/mol. The van der Waals surface area contributed by atoms with E-state index < -0.39 is 0 Å². The first-order valence-corrected chi connectivity index (χ1v) is 8.09. The molecular formula is C18H22FNO. The maximum Gasteiger partial charge on any atom is 0.232 e. The summed E-state index contributed by atoms with van der Waals surface area (Å²) in [6.45, 7) is 0. The standard InChI is InChI=1S/C18H22FNO/c1-20(16-4-2-15(19)3-5-16)17(21)18-9-12-6-13(10-18)8-14(7-12)11-18/h2-5,12-14H,6-11H2,1H3. The molecule has 4 aliphatic rings. The molecule has 4 saturated carbocycles. The molecule has 1 aromatic carbocycles. The number of nitrogens with zero attached hydrogens (tertiary/aromatic N) is 1. The van der Waals surface area contributed by atoms with Gasteiger partial charge in [0.2, 0.25) is 5.91 Å². The molecule has 0 saturated heterocycles. The van der Waals surface area contributed by atoms with Gasteiger partial charge in [-0.15, -0.1) is 0 Å². The molecule has 5 rings (SSSR count). The van der Waals surface area contributed by atoms with Crippen LogP contribution in [0.2, 0.25) is 0 Å². The number of amides is 1. The summed E-state index contributed by atoms with van der Waals surface area (Å²) in [6.07, 6.45) is 7.24. The van der Waals surface area contributed by atoms with Gasteiger partial charge in [0, 0.05) is 12.7 Å². The summed E-state index contributed by atoms with van der Waals surface area (Å²) in [4.78, 5) is 14.9. The molecule has 0 atom stereocenters. The molecule has 0 aliphatic heterocycles. The lowest BCUT2D eigenvalue weighted by Crippen LogP contribution is -2.54. The van der Waals surface area contributed by atoms with Gasteiger partial charge in [0.15, 0.2) is 0 Å². The van der Waals surface area contributed by atoms with E-state index in [0.717, 1.165) is 42.7 Å². The van der Waals surface area contributed by atoms with Crippen LogP contribution in [0, 0.1) is 29.0 Å². The molecule has 0 aromatic heterocycles. The van der Waals surface area contributed by atoms with Crippen LogP contribution < -0.4 is 4.90 Å². The summed E-state index contributed by atoms with van der Waals surface area (Å²) < 4.78 is 13.1. The fraction of sp³-hybridized carbons (Fsp3) is 0.611. The second kappa shape index (κ2) is 4.56. The molecule has 3 heteroatoms. The normalized spacial score (nSPS) is 36.8. The van der Waals surface area contributed by atoms with Crippen LogP contribution in [-0.4, -0.2) is 13.0 Å². The summed E-state index contributed by atoms with van der Waals surface area (Å²) in [7, 11) is 1.84. The Morgan fingerprint density at radius 1 is 1.05 bits per heavy atom. The van der Waals surface area contributed by atoms with Gasteiger partial charge in [0.05, 0.1) is 5.41 Å². The minimum atomic E-state index is -0.255. The summed E-state index contributed by atoms with van der Waals surface area (Å²) in [6, 6.07) is 6.26. The molecule has 1 amide bonds. The molecule has 21 heavy (non-hydrogen) atoms. The first-order valence-electron chi connectivity index (χ1n) is 8.09. The molecule has 0 unspecified atom stereocenters. The molecule has 112 valence electrons. The van der Waals surface area contributed by atoms with Crippen molar-refractivity contribution in [3.63, 3.8) is 0 Å². The average molecular weight is 287 g/mol. The Morgan fingerprint density at radius 2 is 1.52 bits per heavy atom. The minimum absolute atomic E-state index is 0.127. The molecule has 0 heterocycles. The third-order valence-electron chi connectivity index (χ3n) is 6.01. The van der Waals surface area contributed by atoms with Crippen molar-refractivity contribution in [2.24, 2.45) is 23.2 Å². The number of rotatable bonds is 2. The Bertz CT molecular complexity index is 530. The lowest BCUT2D eigenvalue weighted by atomic mass is 9.49. The van der Waals surface area contributed by atoms with Gasteiger partial charge in [0.25, 0.3) is 0 Å². The van der Waals surface area contributed by atoms with Gasteiger partial charge >= 0.3 is 0 Å². The minimum Gasteiger partial charge on any atom is -0.315 e. The van der Waals surface area contributed by atoms with Crippen molar-refractivity contribution in [2.45, 2.75) is 38.5 Å². The van der Waals surface area contributed by atoms with Crippen molar-refractivity contribution in [1.29, 1.82) is 0 Å². The van der Waals surface area contributed by atoms with E-state index in [4.69, 9.17) is 0 Å². The Hall–Kier alpha value is -1.38. The number of hydrogen-bond donors (Lipinski definition) is 0. The highest BCUT2D eigenvalue weighted by Crippen LogP contribution is 2.60. The molecule has 0 spiro atoms. The number of benzene rings is 1. The first-order chi connectivity index (χ1) is 10.1. The quantitative estimate of drug-likeness (QED) is 0.805. The van der Waals surface area contributed by atoms with E-state index in [1.54, 1.807) is 17.0 Å². The highest BCUT2D eigenvalue weighted by Gasteiger charge is 2.55. The average Bonchev–Trinajstić information content (AvgIpc) is 2.45. The van der Waals surface area contributed by atoms with E-state index in [1.807, 2.05) is 7.05 Å². The fourth-order valence-corrected chi connectivity index (χ4v) is 5.51. The lowest BCUT2D eigenvalue weighted by molar-refractivity contribution is -0.143. The monoisotopic (exact) mass is 287 g/mol. The van der Waals surface area contributed by atoms with Gasteiger partial charge in [-0.05, 0) is 80.5 Å². The first kappa shape index (κ1) is 13.3. The van der Waals surface area contributed by atoms with E-state index in [2.05, 4.69) is 0 Å². The third kappa shape index (κ3) is 2.09. The van der Waals surface area contributed by atoms with Gasteiger partial charge in [-0.3, -0.25) is 4.79 Å². The molecule has 0 N–H and O–H groups in total. The van der Waals surface area contributed by atoms with Crippen molar-refractivity contribution in [3.05, 3.63) is 30.1 Å². The van der Waals surface area contributed by atoms with E-state index in [-0.39, 0.29) is 17.1 Å². The van der Waals surface area contributed by atoms with Crippen molar-refractivity contribution >= 4 is 11.6 Å². The summed E-state index contributed by atoms with van der Waals surface area (Å²) in [5, 5.41) is 0. The van der Waals surface area contributed by atoms with Crippen LogP contribution in [0.3, 0.4) is 0 Å². The van der Waals surface area contributed by atoms with Crippen LogP contribution in [0.1, 0.15) is 38.5 Å². The Kier molecular flexibility index (Phi) is 2.88. The van der Waals surface area contributed by atoms with Crippen LogP contribution in [0.4, 0.5) is 10.1 Å². The second-order valence-electron chi connectivity index (χ2n) is 7.54. The number of hydrogen-bond acceptors (Lipinski definition) is 1. The predicted octanol–water partition coefficient (Wildman–Crippen LogP) is 4.00. The van der Waals surface area contributed by atoms with Gasteiger partial charge in [-0.2, -0.15) is 0 Å². The summed E-state index contributed by atoms with van der Waals surface area (Å²) in [5.41, 5.74) is 0.676. The van der Waals surface area contributed by atoms with Crippen molar-refractivity contribution in [3.8, 4) is 0 Å². The SMILES string of the molecule is CN(C(=O)C12CC3CC(CC(C3)C1)C2)c1ccc(F)cc1. The Labute approximate surface area is 125 Å². The molecule has 1 aromatic rings. The van der Waals surface area contributed by atoms with Gasteiger partial charge in [-0.25, -0.2) is 4.39 Å². The molecule has 0 radical (unpaired) electrons. The third-order valence-corrected chi connectivity index (χ3v) is 6.01. The molecule has 4 aliphatic carbocycles. The molecule has 4 fully saturated rings. The lowest BCUT2D eigenvalue weighted by Gasteiger charge is -2.56. The maximum absolute atomic E-state index is 13.1. The number of carbonyl (C=O) groups excluding carboxylic acids is 1.